The second kappa shape index (κ2) is 3.15. The van der Waals surface area contributed by atoms with Crippen LogP contribution in [0.5, 0.6) is 0 Å². The van der Waals surface area contributed by atoms with Crippen LogP contribution in [0.15, 0.2) is 0 Å². The van der Waals surface area contributed by atoms with Gasteiger partial charge in [0.25, 0.3) is 0 Å². The lowest BCUT2D eigenvalue weighted by Crippen LogP contribution is -2.35. The molecule has 0 spiro atoms. The van der Waals surface area contributed by atoms with Crippen molar-refractivity contribution in [3.8, 4) is 0 Å². The summed E-state index contributed by atoms with van der Waals surface area (Å²) < 4.78 is 5.21. The van der Waals surface area contributed by atoms with Crippen molar-refractivity contribution >= 4 is 0 Å². The van der Waals surface area contributed by atoms with E-state index < -0.39 is 0 Å². The molecule has 0 aromatic rings. The number of nitrogens with zero attached hydrogens (tertiary/aromatic N) is 1. The summed E-state index contributed by atoms with van der Waals surface area (Å²) in [6.45, 7) is 3.50. The van der Waals surface area contributed by atoms with E-state index in [0.29, 0.717) is 6.61 Å². The molecule has 1 aliphatic rings. The maximum absolute atomic E-state index is 5.66. The summed E-state index contributed by atoms with van der Waals surface area (Å²) in [6, 6.07) is 0.206. The Labute approximate surface area is 55.8 Å². The number of rotatable bonds is 0. The van der Waals surface area contributed by atoms with Crippen LogP contribution in [-0.2, 0) is 4.74 Å². The SMILES string of the molecule is CN1CCOC[C@H](N)C1. The Bertz CT molecular complexity index is 77.1. The van der Waals surface area contributed by atoms with Crippen molar-refractivity contribution in [1.29, 1.82) is 0 Å². The first-order chi connectivity index (χ1) is 4.29. The van der Waals surface area contributed by atoms with Gasteiger partial charge in [0.2, 0.25) is 0 Å². The third-order valence-corrected chi connectivity index (χ3v) is 1.50. The molecule has 1 atom stereocenters. The van der Waals surface area contributed by atoms with Gasteiger partial charge in [-0.3, -0.25) is 0 Å². The van der Waals surface area contributed by atoms with Crippen LogP contribution in [-0.4, -0.2) is 44.3 Å². The molecule has 0 amide bonds. The summed E-state index contributed by atoms with van der Waals surface area (Å²) in [5.41, 5.74) is 5.66. The zero-order valence-electron chi connectivity index (χ0n) is 5.84. The number of ether oxygens (including phenoxy) is 1. The lowest BCUT2D eigenvalue weighted by atomic mass is 10.3. The molecule has 3 nitrogen and oxygen atoms in total. The van der Waals surface area contributed by atoms with Gasteiger partial charge in [0, 0.05) is 19.1 Å². The van der Waals surface area contributed by atoms with Gasteiger partial charge in [-0.15, -0.1) is 0 Å². The molecule has 0 aromatic heterocycles. The third kappa shape index (κ3) is 2.30. The number of likely N-dealkylation sites (N-methyl/N-ethyl adjacent to an activating group) is 1. The van der Waals surface area contributed by atoms with Gasteiger partial charge >= 0.3 is 0 Å². The minimum absolute atomic E-state index is 0.206. The third-order valence-electron chi connectivity index (χ3n) is 1.50. The normalized spacial score (nSPS) is 32.0. The van der Waals surface area contributed by atoms with E-state index in [9.17, 15) is 0 Å². The van der Waals surface area contributed by atoms with Crippen LogP contribution in [0.3, 0.4) is 0 Å². The molecule has 1 rings (SSSR count). The molecule has 0 saturated carbocycles. The molecule has 1 heterocycles. The van der Waals surface area contributed by atoms with Crippen LogP contribution >= 0.6 is 0 Å². The van der Waals surface area contributed by atoms with E-state index in [2.05, 4.69) is 11.9 Å². The fraction of sp³-hybridized carbons (Fsp3) is 1.00. The van der Waals surface area contributed by atoms with E-state index >= 15 is 0 Å². The highest BCUT2D eigenvalue weighted by Crippen LogP contribution is 1.93. The molecule has 0 radical (unpaired) electrons. The molecule has 2 N–H and O–H groups in total. The lowest BCUT2D eigenvalue weighted by molar-refractivity contribution is 0.138. The lowest BCUT2D eigenvalue weighted by Gasteiger charge is -2.13. The molecule has 0 aliphatic carbocycles. The number of hydrogen-bond donors (Lipinski definition) is 1. The van der Waals surface area contributed by atoms with Crippen molar-refractivity contribution in [2.24, 2.45) is 5.73 Å². The topological polar surface area (TPSA) is 38.5 Å². The van der Waals surface area contributed by atoms with E-state index in [1.165, 1.54) is 0 Å². The maximum Gasteiger partial charge on any atom is 0.0630 e. The summed E-state index contributed by atoms with van der Waals surface area (Å²) in [5.74, 6) is 0. The first-order valence-electron chi connectivity index (χ1n) is 3.31. The Balaban J connectivity index is 2.29. The minimum Gasteiger partial charge on any atom is -0.378 e. The van der Waals surface area contributed by atoms with E-state index in [1.807, 2.05) is 0 Å². The van der Waals surface area contributed by atoms with Gasteiger partial charge in [-0.2, -0.15) is 0 Å². The molecule has 9 heavy (non-hydrogen) atoms. The molecule has 1 saturated heterocycles. The van der Waals surface area contributed by atoms with Crippen molar-refractivity contribution in [3.63, 3.8) is 0 Å². The molecule has 1 fully saturated rings. The highest BCUT2D eigenvalue weighted by atomic mass is 16.5. The van der Waals surface area contributed by atoms with Gasteiger partial charge in [0.1, 0.15) is 0 Å². The Hall–Kier alpha value is -0.120. The molecule has 1 aliphatic heterocycles. The van der Waals surface area contributed by atoms with Gasteiger partial charge in [-0.05, 0) is 7.05 Å². The Morgan fingerprint density at radius 2 is 2.44 bits per heavy atom. The predicted molar refractivity (Wildman–Crippen MR) is 36.3 cm³/mol. The van der Waals surface area contributed by atoms with Gasteiger partial charge in [0.15, 0.2) is 0 Å². The summed E-state index contributed by atoms with van der Waals surface area (Å²) in [5, 5.41) is 0. The van der Waals surface area contributed by atoms with Crippen molar-refractivity contribution in [2.45, 2.75) is 6.04 Å². The first kappa shape index (κ1) is 6.99. The zero-order valence-corrected chi connectivity index (χ0v) is 5.84. The van der Waals surface area contributed by atoms with Gasteiger partial charge in [-0.1, -0.05) is 0 Å². The van der Waals surface area contributed by atoms with E-state index in [4.69, 9.17) is 10.5 Å². The Morgan fingerprint density at radius 1 is 1.67 bits per heavy atom. The van der Waals surface area contributed by atoms with Crippen molar-refractivity contribution < 1.29 is 4.74 Å². The molecule has 54 valence electrons. The molecule has 3 heteroatoms. The van der Waals surface area contributed by atoms with Crippen LogP contribution < -0.4 is 5.73 Å². The van der Waals surface area contributed by atoms with Crippen LogP contribution in [0.2, 0.25) is 0 Å². The second-order valence-corrected chi connectivity index (χ2v) is 2.60. The molecule has 0 bridgehead atoms. The Morgan fingerprint density at radius 3 is 3.22 bits per heavy atom. The zero-order chi connectivity index (χ0) is 6.69. The van der Waals surface area contributed by atoms with Gasteiger partial charge in [0.05, 0.1) is 13.2 Å². The highest BCUT2D eigenvalue weighted by molar-refractivity contribution is 4.67. The van der Waals surface area contributed by atoms with Crippen LogP contribution in [0.4, 0.5) is 0 Å². The van der Waals surface area contributed by atoms with Crippen LogP contribution in [0.25, 0.3) is 0 Å². The Kier molecular flexibility index (Phi) is 2.45. The standard InChI is InChI=1S/C6H14N2O/c1-8-2-3-9-5-6(7)4-8/h6H,2-5,7H2,1H3/t6-/m1/s1. The second-order valence-electron chi connectivity index (χ2n) is 2.60. The molecular formula is C6H14N2O. The van der Waals surface area contributed by atoms with Crippen molar-refractivity contribution in [3.05, 3.63) is 0 Å². The predicted octanol–water partition coefficient (Wildman–Crippen LogP) is -0.724. The first-order valence-corrected chi connectivity index (χ1v) is 3.31. The molecule has 0 aromatic carbocycles. The van der Waals surface area contributed by atoms with Crippen molar-refractivity contribution in [1.82, 2.24) is 4.90 Å². The summed E-state index contributed by atoms with van der Waals surface area (Å²) in [4.78, 5) is 2.19. The summed E-state index contributed by atoms with van der Waals surface area (Å²) in [6.07, 6.45) is 0. The molecular weight excluding hydrogens is 116 g/mol. The number of nitrogens with two attached hydrogens (primary N) is 1. The quantitative estimate of drug-likeness (QED) is 0.470. The van der Waals surface area contributed by atoms with E-state index in [-0.39, 0.29) is 6.04 Å². The van der Waals surface area contributed by atoms with E-state index in [1.54, 1.807) is 0 Å². The van der Waals surface area contributed by atoms with Crippen molar-refractivity contribution in [2.75, 3.05) is 33.4 Å². The van der Waals surface area contributed by atoms with E-state index in [0.717, 1.165) is 19.7 Å². The number of hydrogen-bond acceptors (Lipinski definition) is 3. The smallest absolute Gasteiger partial charge is 0.0630 e. The highest BCUT2D eigenvalue weighted by Gasteiger charge is 2.10. The largest absolute Gasteiger partial charge is 0.378 e. The fourth-order valence-electron chi connectivity index (χ4n) is 0.999. The van der Waals surface area contributed by atoms with Crippen LogP contribution in [0, 0.1) is 0 Å². The monoisotopic (exact) mass is 130 g/mol. The maximum atomic E-state index is 5.66. The average Bonchev–Trinajstić information content (AvgIpc) is 1.93. The summed E-state index contributed by atoms with van der Waals surface area (Å²) in [7, 11) is 2.06. The van der Waals surface area contributed by atoms with Crippen LogP contribution in [0.1, 0.15) is 0 Å². The fourth-order valence-corrected chi connectivity index (χ4v) is 0.999. The van der Waals surface area contributed by atoms with Gasteiger partial charge < -0.3 is 15.4 Å². The van der Waals surface area contributed by atoms with Gasteiger partial charge in [-0.25, -0.2) is 0 Å². The summed E-state index contributed by atoms with van der Waals surface area (Å²) >= 11 is 0. The molecule has 0 unspecified atom stereocenters. The average molecular weight is 130 g/mol. The minimum atomic E-state index is 0.206.